The van der Waals surface area contributed by atoms with Crippen LogP contribution in [0.4, 0.5) is 0 Å². The summed E-state index contributed by atoms with van der Waals surface area (Å²) < 4.78 is 5.92. The number of primary amides is 1. The third-order valence-corrected chi connectivity index (χ3v) is 6.00. The zero-order valence-corrected chi connectivity index (χ0v) is 19.8. The van der Waals surface area contributed by atoms with E-state index in [4.69, 9.17) is 10.5 Å². The van der Waals surface area contributed by atoms with Crippen molar-refractivity contribution in [1.29, 1.82) is 0 Å². The molecule has 1 aromatic heterocycles. The molecule has 0 saturated carbocycles. The minimum absolute atomic E-state index is 0.260. The van der Waals surface area contributed by atoms with Gasteiger partial charge in [0.2, 0.25) is 5.91 Å². The van der Waals surface area contributed by atoms with Crippen molar-refractivity contribution in [3.05, 3.63) is 132 Å². The van der Waals surface area contributed by atoms with Gasteiger partial charge in [0.25, 0.3) is 0 Å². The number of benzene rings is 3. The minimum Gasteiger partial charge on any atom is -0.494 e. The van der Waals surface area contributed by atoms with Crippen LogP contribution in [-0.4, -0.2) is 35.5 Å². The number of rotatable bonds is 12. The van der Waals surface area contributed by atoms with E-state index in [1.165, 1.54) is 16.7 Å². The molecule has 4 rings (SSSR count). The first-order chi connectivity index (χ1) is 17.2. The highest BCUT2D eigenvalue weighted by Gasteiger charge is 2.18. The van der Waals surface area contributed by atoms with Crippen molar-refractivity contribution in [2.24, 2.45) is 5.73 Å². The number of ether oxygens (including phenoxy) is 1. The standard InChI is InChI=1S/C30H31N3O2/c31-30(34)27-14-16-28(17-15-27)35-20-8-19-33(22-24-9-7-18-32-21-24)23-29(25-10-3-1-4-11-25)26-12-5-2-6-13-26/h1-7,9-18,21,29H,8,19-20,22-23H2,(H2,31,34). The fourth-order valence-corrected chi connectivity index (χ4v) is 4.21. The highest BCUT2D eigenvalue weighted by Crippen LogP contribution is 2.26. The van der Waals surface area contributed by atoms with Gasteiger partial charge in [0, 0.05) is 43.5 Å². The Bertz CT molecular complexity index is 1130. The zero-order chi connectivity index (χ0) is 24.3. The van der Waals surface area contributed by atoms with Gasteiger partial charge in [-0.1, -0.05) is 66.7 Å². The second kappa shape index (κ2) is 12.5. The van der Waals surface area contributed by atoms with Gasteiger partial charge >= 0.3 is 0 Å². The molecule has 0 bridgehead atoms. The van der Waals surface area contributed by atoms with Gasteiger partial charge in [0.15, 0.2) is 0 Å². The highest BCUT2D eigenvalue weighted by atomic mass is 16.5. The fraction of sp³-hybridized carbons (Fsp3) is 0.200. The lowest BCUT2D eigenvalue weighted by Crippen LogP contribution is -2.30. The molecular weight excluding hydrogens is 434 g/mol. The van der Waals surface area contributed by atoms with Crippen molar-refractivity contribution in [3.63, 3.8) is 0 Å². The molecule has 0 atom stereocenters. The van der Waals surface area contributed by atoms with E-state index in [2.05, 4.69) is 76.6 Å². The third kappa shape index (κ3) is 7.26. The van der Waals surface area contributed by atoms with Crippen molar-refractivity contribution in [3.8, 4) is 5.75 Å². The monoisotopic (exact) mass is 465 g/mol. The summed E-state index contributed by atoms with van der Waals surface area (Å²) in [5.41, 5.74) is 9.60. The lowest BCUT2D eigenvalue weighted by Gasteiger charge is -2.28. The van der Waals surface area contributed by atoms with Gasteiger partial charge in [0.05, 0.1) is 6.61 Å². The van der Waals surface area contributed by atoms with Crippen LogP contribution in [0.15, 0.2) is 109 Å². The van der Waals surface area contributed by atoms with E-state index < -0.39 is 5.91 Å². The Kier molecular flexibility index (Phi) is 8.63. The molecule has 0 aliphatic carbocycles. The van der Waals surface area contributed by atoms with Crippen LogP contribution in [-0.2, 0) is 6.54 Å². The molecule has 0 aliphatic heterocycles. The van der Waals surface area contributed by atoms with Crippen LogP contribution < -0.4 is 10.5 Å². The SMILES string of the molecule is NC(=O)c1ccc(OCCCN(Cc2cccnc2)CC(c2ccccc2)c2ccccc2)cc1. The van der Waals surface area contributed by atoms with E-state index in [1.54, 1.807) is 24.3 Å². The summed E-state index contributed by atoms with van der Waals surface area (Å²) in [6.45, 7) is 3.17. The van der Waals surface area contributed by atoms with Crippen LogP contribution >= 0.6 is 0 Å². The van der Waals surface area contributed by atoms with E-state index in [0.717, 1.165) is 31.8 Å². The average Bonchev–Trinajstić information content (AvgIpc) is 2.91. The molecule has 35 heavy (non-hydrogen) atoms. The molecule has 5 heteroatoms. The van der Waals surface area contributed by atoms with E-state index in [9.17, 15) is 4.79 Å². The number of nitrogens with two attached hydrogens (primary N) is 1. The average molecular weight is 466 g/mol. The molecule has 178 valence electrons. The molecule has 5 nitrogen and oxygen atoms in total. The fourth-order valence-electron chi connectivity index (χ4n) is 4.21. The molecule has 2 N–H and O–H groups in total. The topological polar surface area (TPSA) is 68.5 Å². The van der Waals surface area contributed by atoms with Crippen molar-refractivity contribution < 1.29 is 9.53 Å². The Labute approximate surface area is 207 Å². The number of amides is 1. The lowest BCUT2D eigenvalue weighted by atomic mass is 9.90. The molecule has 0 aliphatic rings. The van der Waals surface area contributed by atoms with E-state index >= 15 is 0 Å². The summed E-state index contributed by atoms with van der Waals surface area (Å²) in [5.74, 6) is 0.561. The van der Waals surface area contributed by atoms with Gasteiger partial charge in [-0.3, -0.25) is 14.7 Å². The first kappa shape index (κ1) is 24.2. The predicted octanol–water partition coefficient (Wildman–Crippen LogP) is 5.28. The third-order valence-electron chi connectivity index (χ3n) is 6.00. The van der Waals surface area contributed by atoms with E-state index in [0.29, 0.717) is 12.2 Å². The first-order valence-electron chi connectivity index (χ1n) is 11.9. The number of carbonyl (C=O) groups is 1. The molecular formula is C30H31N3O2. The Morgan fingerprint density at radius 1 is 0.857 bits per heavy atom. The van der Waals surface area contributed by atoms with Crippen molar-refractivity contribution in [1.82, 2.24) is 9.88 Å². The van der Waals surface area contributed by atoms with Crippen molar-refractivity contribution in [2.45, 2.75) is 18.9 Å². The maximum atomic E-state index is 11.3. The lowest BCUT2D eigenvalue weighted by molar-refractivity contribution is 0.1000. The van der Waals surface area contributed by atoms with Gasteiger partial charge in [-0.05, 0) is 53.4 Å². The normalized spacial score (nSPS) is 11.0. The number of hydrogen-bond donors (Lipinski definition) is 1. The molecule has 4 aromatic rings. The summed E-state index contributed by atoms with van der Waals surface area (Å²) in [6.07, 6.45) is 4.61. The maximum Gasteiger partial charge on any atom is 0.248 e. The smallest absolute Gasteiger partial charge is 0.248 e. The van der Waals surface area contributed by atoms with Crippen LogP contribution in [0.25, 0.3) is 0 Å². The molecule has 0 radical (unpaired) electrons. The number of hydrogen-bond acceptors (Lipinski definition) is 4. The Morgan fingerprint density at radius 3 is 2.09 bits per heavy atom. The van der Waals surface area contributed by atoms with Crippen molar-refractivity contribution in [2.75, 3.05) is 19.7 Å². The summed E-state index contributed by atoms with van der Waals surface area (Å²) in [7, 11) is 0. The van der Waals surface area contributed by atoms with Gasteiger partial charge in [-0.2, -0.15) is 0 Å². The maximum absolute atomic E-state index is 11.3. The molecule has 1 amide bonds. The number of nitrogens with zero attached hydrogens (tertiary/aromatic N) is 2. The second-order valence-electron chi connectivity index (χ2n) is 8.56. The number of aromatic nitrogens is 1. The molecule has 0 saturated heterocycles. The van der Waals surface area contributed by atoms with Gasteiger partial charge in [-0.15, -0.1) is 0 Å². The van der Waals surface area contributed by atoms with Gasteiger partial charge < -0.3 is 10.5 Å². The molecule has 1 heterocycles. The van der Waals surface area contributed by atoms with Crippen LogP contribution in [0.1, 0.15) is 39.4 Å². The summed E-state index contributed by atoms with van der Waals surface area (Å²) >= 11 is 0. The number of carbonyl (C=O) groups excluding carboxylic acids is 1. The minimum atomic E-state index is -0.436. The quantitative estimate of drug-likeness (QED) is 0.289. The van der Waals surface area contributed by atoms with Crippen LogP contribution in [0.2, 0.25) is 0 Å². The van der Waals surface area contributed by atoms with Crippen molar-refractivity contribution >= 4 is 5.91 Å². The predicted molar refractivity (Wildman–Crippen MR) is 139 cm³/mol. The largest absolute Gasteiger partial charge is 0.494 e. The van der Waals surface area contributed by atoms with E-state index in [-0.39, 0.29) is 5.92 Å². The van der Waals surface area contributed by atoms with E-state index in [1.807, 2.05) is 18.5 Å². The Morgan fingerprint density at radius 2 is 1.51 bits per heavy atom. The zero-order valence-electron chi connectivity index (χ0n) is 19.8. The Hall–Kier alpha value is -3.96. The first-order valence-corrected chi connectivity index (χ1v) is 11.9. The summed E-state index contributed by atoms with van der Waals surface area (Å²) in [6, 6.07) is 32.4. The molecule has 3 aromatic carbocycles. The van der Waals surface area contributed by atoms with Crippen LogP contribution in [0.5, 0.6) is 5.75 Å². The summed E-state index contributed by atoms with van der Waals surface area (Å²) in [4.78, 5) is 18.0. The van der Waals surface area contributed by atoms with Crippen LogP contribution in [0.3, 0.4) is 0 Å². The molecule has 0 spiro atoms. The molecule has 0 fully saturated rings. The molecule has 0 unspecified atom stereocenters. The van der Waals surface area contributed by atoms with Gasteiger partial charge in [-0.25, -0.2) is 0 Å². The highest BCUT2D eigenvalue weighted by molar-refractivity contribution is 5.92. The Balaban J connectivity index is 1.44. The van der Waals surface area contributed by atoms with Gasteiger partial charge in [0.1, 0.15) is 5.75 Å². The summed E-state index contributed by atoms with van der Waals surface area (Å²) in [5, 5.41) is 0. The second-order valence-corrected chi connectivity index (χ2v) is 8.56. The number of pyridine rings is 1. The van der Waals surface area contributed by atoms with Crippen LogP contribution in [0, 0.1) is 0 Å².